The molecule has 0 spiro atoms. The number of benzene rings is 1. The molecule has 1 N–H and O–H groups in total. The Bertz CT molecular complexity index is 596. The van der Waals surface area contributed by atoms with Crippen molar-refractivity contribution in [2.75, 3.05) is 11.5 Å². The maximum atomic E-state index is 11.3. The molecule has 0 bridgehead atoms. The molecule has 0 saturated carbocycles. The second-order valence-electron chi connectivity index (χ2n) is 5.91. The van der Waals surface area contributed by atoms with Gasteiger partial charge in [-0.25, -0.2) is 4.68 Å². The highest BCUT2D eigenvalue weighted by Gasteiger charge is 2.49. The molecule has 0 radical (unpaired) electrons. The van der Waals surface area contributed by atoms with Crippen molar-refractivity contribution in [3.63, 3.8) is 0 Å². The molecule has 4 nitrogen and oxygen atoms in total. The van der Waals surface area contributed by atoms with Crippen LogP contribution in [0.1, 0.15) is 26.0 Å². The van der Waals surface area contributed by atoms with Crippen molar-refractivity contribution in [2.24, 2.45) is 5.41 Å². The van der Waals surface area contributed by atoms with E-state index in [2.05, 4.69) is 24.2 Å². The molecule has 1 fully saturated rings. The van der Waals surface area contributed by atoms with E-state index in [1.165, 1.54) is 0 Å². The summed E-state index contributed by atoms with van der Waals surface area (Å²) in [7, 11) is 0. The highest BCUT2D eigenvalue weighted by molar-refractivity contribution is 7.99. The SMILES string of the molecule is CC1(C)CCSCC1(O)c1cnnn1-c1ccccc1. The summed E-state index contributed by atoms with van der Waals surface area (Å²) in [5, 5.41) is 19.5. The van der Waals surface area contributed by atoms with Gasteiger partial charge in [-0.05, 0) is 24.3 Å². The van der Waals surface area contributed by atoms with Crippen LogP contribution in [0.4, 0.5) is 0 Å². The lowest BCUT2D eigenvalue weighted by Crippen LogP contribution is -2.48. The summed E-state index contributed by atoms with van der Waals surface area (Å²) in [5.74, 6) is 1.77. The summed E-state index contributed by atoms with van der Waals surface area (Å²) in [5.41, 5.74) is 0.613. The monoisotopic (exact) mass is 289 g/mol. The van der Waals surface area contributed by atoms with E-state index < -0.39 is 5.60 Å². The maximum absolute atomic E-state index is 11.3. The third-order valence-electron chi connectivity index (χ3n) is 4.28. The normalized spacial score (nSPS) is 25.6. The molecule has 0 amide bonds. The lowest BCUT2D eigenvalue weighted by atomic mass is 9.72. The van der Waals surface area contributed by atoms with Crippen LogP contribution in [0, 0.1) is 5.41 Å². The molecular formula is C15H19N3OS. The summed E-state index contributed by atoms with van der Waals surface area (Å²) in [6.45, 7) is 4.24. The van der Waals surface area contributed by atoms with Crippen molar-refractivity contribution < 1.29 is 5.11 Å². The first-order chi connectivity index (χ1) is 9.55. The molecule has 1 aliphatic rings. The van der Waals surface area contributed by atoms with Gasteiger partial charge in [0.1, 0.15) is 5.60 Å². The Hall–Kier alpha value is -1.33. The first kappa shape index (κ1) is 13.6. The molecule has 1 aliphatic heterocycles. The van der Waals surface area contributed by atoms with Gasteiger partial charge in [-0.3, -0.25) is 0 Å². The van der Waals surface area contributed by atoms with Crippen LogP contribution < -0.4 is 0 Å². The zero-order valence-electron chi connectivity index (χ0n) is 11.8. The van der Waals surface area contributed by atoms with Gasteiger partial charge in [0.2, 0.25) is 0 Å². The largest absolute Gasteiger partial charge is 0.382 e. The average Bonchev–Trinajstić information content (AvgIpc) is 2.93. The van der Waals surface area contributed by atoms with Crippen LogP contribution in [0.5, 0.6) is 0 Å². The quantitative estimate of drug-likeness (QED) is 0.923. The molecule has 1 saturated heterocycles. The van der Waals surface area contributed by atoms with Gasteiger partial charge >= 0.3 is 0 Å². The Balaban J connectivity index is 2.09. The van der Waals surface area contributed by atoms with E-state index in [0.717, 1.165) is 23.6 Å². The molecule has 2 aromatic rings. The summed E-state index contributed by atoms with van der Waals surface area (Å²) in [6.07, 6.45) is 2.68. The van der Waals surface area contributed by atoms with E-state index in [0.29, 0.717) is 5.75 Å². The van der Waals surface area contributed by atoms with E-state index in [9.17, 15) is 5.11 Å². The van der Waals surface area contributed by atoms with E-state index in [4.69, 9.17) is 0 Å². The number of rotatable bonds is 2. The van der Waals surface area contributed by atoms with Crippen LogP contribution in [0.15, 0.2) is 36.5 Å². The zero-order chi connectivity index (χ0) is 14.2. The fourth-order valence-corrected chi connectivity index (χ4v) is 4.28. The molecule has 2 heterocycles. The van der Waals surface area contributed by atoms with Gasteiger partial charge in [-0.2, -0.15) is 11.8 Å². The van der Waals surface area contributed by atoms with E-state index >= 15 is 0 Å². The zero-order valence-corrected chi connectivity index (χ0v) is 12.6. The summed E-state index contributed by atoms with van der Waals surface area (Å²) in [6, 6.07) is 9.85. The molecular weight excluding hydrogens is 270 g/mol. The van der Waals surface area contributed by atoms with Crippen molar-refractivity contribution in [2.45, 2.75) is 25.9 Å². The Labute approximate surface area is 123 Å². The number of aromatic nitrogens is 3. The standard InChI is InChI=1S/C15H19N3OS/c1-14(2)8-9-20-11-15(14,19)13-10-16-17-18(13)12-6-4-3-5-7-12/h3-7,10,19H,8-9,11H2,1-2H3. The second-order valence-corrected chi connectivity index (χ2v) is 7.02. The summed E-state index contributed by atoms with van der Waals surface area (Å²) < 4.78 is 1.76. The third kappa shape index (κ3) is 2.05. The number of nitrogens with zero attached hydrogens (tertiary/aromatic N) is 3. The molecule has 1 aromatic carbocycles. The first-order valence-corrected chi connectivity index (χ1v) is 7.97. The fraction of sp³-hybridized carbons (Fsp3) is 0.467. The number of thioether (sulfide) groups is 1. The number of para-hydroxylation sites is 1. The first-order valence-electron chi connectivity index (χ1n) is 6.81. The lowest BCUT2D eigenvalue weighted by molar-refractivity contribution is -0.0630. The van der Waals surface area contributed by atoms with Gasteiger partial charge < -0.3 is 5.11 Å². The van der Waals surface area contributed by atoms with Gasteiger partial charge in [-0.15, -0.1) is 5.10 Å². The average molecular weight is 289 g/mol. The molecule has 20 heavy (non-hydrogen) atoms. The lowest BCUT2D eigenvalue weighted by Gasteiger charge is -2.45. The van der Waals surface area contributed by atoms with Crippen LogP contribution in [0.2, 0.25) is 0 Å². The van der Waals surface area contributed by atoms with Crippen molar-refractivity contribution in [3.8, 4) is 5.69 Å². The van der Waals surface area contributed by atoms with Crippen LogP contribution in [0.3, 0.4) is 0 Å². The minimum absolute atomic E-state index is 0.188. The Kier molecular flexibility index (Phi) is 3.34. The highest BCUT2D eigenvalue weighted by atomic mass is 32.2. The molecule has 1 aromatic heterocycles. The molecule has 5 heteroatoms. The molecule has 106 valence electrons. The van der Waals surface area contributed by atoms with E-state index in [1.54, 1.807) is 22.6 Å². The number of hydrogen-bond acceptors (Lipinski definition) is 4. The van der Waals surface area contributed by atoms with Crippen LogP contribution >= 0.6 is 11.8 Å². The predicted molar refractivity (Wildman–Crippen MR) is 81.0 cm³/mol. The van der Waals surface area contributed by atoms with Crippen LogP contribution in [-0.2, 0) is 5.60 Å². The van der Waals surface area contributed by atoms with Gasteiger partial charge in [0.05, 0.1) is 17.6 Å². The van der Waals surface area contributed by atoms with Gasteiger partial charge in [0, 0.05) is 11.2 Å². The fourth-order valence-electron chi connectivity index (χ4n) is 2.65. The minimum Gasteiger partial charge on any atom is -0.382 e. The van der Waals surface area contributed by atoms with Crippen molar-refractivity contribution >= 4 is 11.8 Å². The van der Waals surface area contributed by atoms with Crippen LogP contribution in [0.25, 0.3) is 5.69 Å². The van der Waals surface area contributed by atoms with Crippen molar-refractivity contribution in [1.29, 1.82) is 0 Å². The van der Waals surface area contributed by atoms with E-state index in [-0.39, 0.29) is 5.41 Å². The highest BCUT2D eigenvalue weighted by Crippen LogP contribution is 2.48. The smallest absolute Gasteiger partial charge is 0.122 e. The Morgan fingerprint density at radius 1 is 1.25 bits per heavy atom. The van der Waals surface area contributed by atoms with E-state index in [1.807, 2.05) is 30.3 Å². The Morgan fingerprint density at radius 2 is 2.00 bits per heavy atom. The van der Waals surface area contributed by atoms with Crippen molar-refractivity contribution in [3.05, 3.63) is 42.2 Å². The molecule has 1 atom stereocenters. The maximum Gasteiger partial charge on any atom is 0.122 e. The van der Waals surface area contributed by atoms with Gasteiger partial charge in [0.25, 0.3) is 0 Å². The molecule has 3 rings (SSSR count). The van der Waals surface area contributed by atoms with Gasteiger partial charge in [-0.1, -0.05) is 37.3 Å². The van der Waals surface area contributed by atoms with Gasteiger partial charge in [0.15, 0.2) is 0 Å². The Morgan fingerprint density at radius 3 is 2.70 bits per heavy atom. The molecule has 1 unspecified atom stereocenters. The summed E-state index contributed by atoms with van der Waals surface area (Å²) >= 11 is 1.79. The van der Waals surface area contributed by atoms with Crippen LogP contribution in [-0.4, -0.2) is 31.6 Å². The summed E-state index contributed by atoms with van der Waals surface area (Å²) in [4.78, 5) is 0. The third-order valence-corrected chi connectivity index (χ3v) is 5.39. The van der Waals surface area contributed by atoms with Crippen molar-refractivity contribution in [1.82, 2.24) is 15.0 Å². The predicted octanol–water partition coefficient (Wildman–Crippen LogP) is 2.62. The number of hydrogen-bond donors (Lipinski definition) is 1. The second kappa shape index (κ2) is 4.90. The topological polar surface area (TPSA) is 50.9 Å². The minimum atomic E-state index is -0.907. The number of aliphatic hydroxyl groups is 1. The molecule has 0 aliphatic carbocycles.